The molecule has 2 atom stereocenters. The molecule has 1 fully saturated rings. The number of rotatable bonds is 6. The van der Waals surface area contributed by atoms with Gasteiger partial charge in [0.05, 0.1) is 12.6 Å². The fraction of sp³-hybridized carbons (Fsp3) is 0.444. The van der Waals surface area contributed by atoms with Crippen molar-refractivity contribution in [2.75, 3.05) is 6.54 Å². The standard InChI is InChI=1S/C18H24N4O/c1-2-14-10-17(19-11-14)18(23)20-12-15-4-6-16(7-5-15)13-22-9-3-8-21-22/h3-9,14,17,19H,2,10-13H2,1H3,(H,20,23)/t14-,17-/m0/s1. The van der Waals surface area contributed by atoms with Crippen LogP contribution in [0.3, 0.4) is 0 Å². The van der Waals surface area contributed by atoms with Gasteiger partial charge < -0.3 is 10.6 Å². The molecular weight excluding hydrogens is 288 g/mol. The number of carbonyl (C=O) groups is 1. The van der Waals surface area contributed by atoms with Gasteiger partial charge in [0.2, 0.25) is 5.91 Å². The van der Waals surface area contributed by atoms with Crippen LogP contribution in [-0.2, 0) is 17.9 Å². The Morgan fingerprint density at radius 1 is 1.35 bits per heavy atom. The van der Waals surface area contributed by atoms with Crippen molar-refractivity contribution in [2.45, 2.75) is 38.9 Å². The average Bonchev–Trinajstić information content (AvgIpc) is 3.25. The van der Waals surface area contributed by atoms with Crippen LogP contribution in [0.5, 0.6) is 0 Å². The molecule has 2 heterocycles. The first kappa shape index (κ1) is 15.7. The predicted molar refractivity (Wildman–Crippen MR) is 89.8 cm³/mol. The van der Waals surface area contributed by atoms with Crippen molar-refractivity contribution in [1.82, 2.24) is 20.4 Å². The van der Waals surface area contributed by atoms with E-state index in [0.29, 0.717) is 12.5 Å². The van der Waals surface area contributed by atoms with Crippen molar-refractivity contribution >= 4 is 5.91 Å². The minimum atomic E-state index is -0.0287. The molecule has 1 aliphatic rings. The second-order valence-electron chi connectivity index (χ2n) is 6.21. The van der Waals surface area contributed by atoms with Crippen molar-refractivity contribution in [3.63, 3.8) is 0 Å². The molecule has 0 radical (unpaired) electrons. The van der Waals surface area contributed by atoms with Gasteiger partial charge in [-0.1, -0.05) is 37.6 Å². The molecule has 0 bridgehead atoms. The lowest BCUT2D eigenvalue weighted by molar-refractivity contribution is -0.123. The topological polar surface area (TPSA) is 59.0 Å². The highest BCUT2D eigenvalue weighted by molar-refractivity contribution is 5.82. The van der Waals surface area contributed by atoms with Gasteiger partial charge in [0, 0.05) is 18.9 Å². The summed E-state index contributed by atoms with van der Waals surface area (Å²) in [5, 5.41) is 10.5. The summed E-state index contributed by atoms with van der Waals surface area (Å²) in [6.45, 7) is 4.48. The molecule has 1 aromatic heterocycles. The zero-order chi connectivity index (χ0) is 16.1. The Hall–Kier alpha value is -2.14. The summed E-state index contributed by atoms with van der Waals surface area (Å²) in [6.07, 6.45) is 5.82. The molecule has 0 aliphatic carbocycles. The van der Waals surface area contributed by atoms with Crippen LogP contribution in [-0.4, -0.2) is 28.3 Å². The fourth-order valence-corrected chi connectivity index (χ4v) is 2.98. The SMILES string of the molecule is CC[C@@H]1CN[C@H](C(=O)NCc2ccc(Cn3cccn3)cc2)C1. The summed E-state index contributed by atoms with van der Waals surface area (Å²) in [6, 6.07) is 10.2. The van der Waals surface area contributed by atoms with Gasteiger partial charge in [-0.15, -0.1) is 0 Å². The Kier molecular flexibility index (Phi) is 5.08. The molecule has 1 aromatic carbocycles. The zero-order valence-electron chi connectivity index (χ0n) is 13.5. The van der Waals surface area contributed by atoms with Crippen molar-refractivity contribution in [1.29, 1.82) is 0 Å². The molecule has 23 heavy (non-hydrogen) atoms. The van der Waals surface area contributed by atoms with Crippen molar-refractivity contribution in [3.8, 4) is 0 Å². The maximum absolute atomic E-state index is 12.2. The van der Waals surface area contributed by atoms with Gasteiger partial charge in [-0.3, -0.25) is 9.48 Å². The van der Waals surface area contributed by atoms with Crippen molar-refractivity contribution < 1.29 is 4.79 Å². The van der Waals surface area contributed by atoms with E-state index in [1.807, 2.05) is 16.9 Å². The Balaban J connectivity index is 1.48. The molecule has 0 spiro atoms. The van der Waals surface area contributed by atoms with Gasteiger partial charge >= 0.3 is 0 Å². The van der Waals surface area contributed by atoms with Crippen molar-refractivity contribution in [3.05, 3.63) is 53.9 Å². The third-order valence-electron chi connectivity index (χ3n) is 4.51. The highest BCUT2D eigenvalue weighted by atomic mass is 16.2. The van der Waals surface area contributed by atoms with E-state index in [0.717, 1.165) is 31.5 Å². The largest absolute Gasteiger partial charge is 0.351 e. The molecule has 1 amide bonds. The molecule has 1 aliphatic heterocycles. The van der Waals surface area contributed by atoms with Crippen LogP contribution < -0.4 is 10.6 Å². The number of hydrogen-bond donors (Lipinski definition) is 2. The molecule has 2 aromatic rings. The number of nitrogens with zero attached hydrogens (tertiary/aromatic N) is 2. The Morgan fingerprint density at radius 2 is 2.13 bits per heavy atom. The van der Waals surface area contributed by atoms with Gasteiger partial charge in [-0.2, -0.15) is 5.10 Å². The highest BCUT2D eigenvalue weighted by Crippen LogP contribution is 2.17. The normalized spacial score (nSPS) is 20.6. The third-order valence-corrected chi connectivity index (χ3v) is 4.51. The number of carbonyl (C=O) groups excluding carboxylic acids is 1. The van der Waals surface area contributed by atoms with E-state index in [-0.39, 0.29) is 11.9 Å². The minimum absolute atomic E-state index is 0.0287. The number of aromatic nitrogens is 2. The summed E-state index contributed by atoms with van der Waals surface area (Å²) < 4.78 is 1.90. The fourth-order valence-electron chi connectivity index (χ4n) is 2.98. The van der Waals surface area contributed by atoms with Crippen molar-refractivity contribution in [2.24, 2.45) is 5.92 Å². The summed E-state index contributed by atoms with van der Waals surface area (Å²) in [5.41, 5.74) is 2.32. The van der Waals surface area contributed by atoms with Gasteiger partial charge in [0.15, 0.2) is 0 Å². The van der Waals surface area contributed by atoms with E-state index in [1.54, 1.807) is 6.20 Å². The number of nitrogens with one attached hydrogen (secondary N) is 2. The maximum Gasteiger partial charge on any atom is 0.237 e. The number of benzene rings is 1. The molecular formula is C18H24N4O. The lowest BCUT2D eigenvalue weighted by Crippen LogP contribution is -2.39. The molecule has 122 valence electrons. The van der Waals surface area contributed by atoms with E-state index in [1.165, 1.54) is 5.56 Å². The lowest BCUT2D eigenvalue weighted by Gasteiger charge is -2.12. The minimum Gasteiger partial charge on any atom is -0.351 e. The van der Waals surface area contributed by atoms with Crippen LogP contribution in [0.4, 0.5) is 0 Å². The first-order valence-electron chi connectivity index (χ1n) is 8.31. The Labute approximate surface area is 137 Å². The Morgan fingerprint density at radius 3 is 2.78 bits per heavy atom. The molecule has 0 unspecified atom stereocenters. The van der Waals surface area contributed by atoms with Gasteiger partial charge in [0.1, 0.15) is 0 Å². The van der Waals surface area contributed by atoms with Crippen LogP contribution in [0.15, 0.2) is 42.7 Å². The molecule has 5 nitrogen and oxygen atoms in total. The molecule has 3 rings (SSSR count). The van der Waals surface area contributed by atoms with Gasteiger partial charge in [-0.25, -0.2) is 0 Å². The summed E-state index contributed by atoms with van der Waals surface area (Å²) in [4.78, 5) is 12.2. The predicted octanol–water partition coefficient (Wildman–Crippen LogP) is 1.94. The maximum atomic E-state index is 12.2. The van der Waals surface area contributed by atoms with E-state index >= 15 is 0 Å². The van der Waals surface area contributed by atoms with Crippen LogP contribution in [0.2, 0.25) is 0 Å². The number of hydrogen-bond acceptors (Lipinski definition) is 3. The number of amides is 1. The van der Waals surface area contributed by atoms with Gasteiger partial charge in [-0.05, 0) is 36.1 Å². The van der Waals surface area contributed by atoms with E-state index in [2.05, 4.69) is 46.9 Å². The third kappa shape index (κ3) is 4.20. The monoisotopic (exact) mass is 312 g/mol. The molecule has 5 heteroatoms. The molecule has 1 saturated heterocycles. The van der Waals surface area contributed by atoms with Crippen LogP contribution in [0.25, 0.3) is 0 Å². The van der Waals surface area contributed by atoms with E-state index < -0.39 is 0 Å². The van der Waals surface area contributed by atoms with E-state index in [4.69, 9.17) is 0 Å². The summed E-state index contributed by atoms with van der Waals surface area (Å²) in [5.74, 6) is 0.744. The lowest BCUT2D eigenvalue weighted by atomic mass is 10.0. The first-order chi connectivity index (χ1) is 11.2. The van der Waals surface area contributed by atoms with Gasteiger partial charge in [0.25, 0.3) is 0 Å². The van der Waals surface area contributed by atoms with Crippen LogP contribution in [0.1, 0.15) is 30.9 Å². The molecule has 0 saturated carbocycles. The first-order valence-corrected chi connectivity index (χ1v) is 8.31. The second-order valence-corrected chi connectivity index (χ2v) is 6.21. The quantitative estimate of drug-likeness (QED) is 0.857. The summed E-state index contributed by atoms with van der Waals surface area (Å²) >= 11 is 0. The Bertz CT molecular complexity index is 621. The van der Waals surface area contributed by atoms with E-state index in [9.17, 15) is 4.79 Å². The smallest absolute Gasteiger partial charge is 0.237 e. The summed E-state index contributed by atoms with van der Waals surface area (Å²) in [7, 11) is 0. The second kappa shape index (κ2) is 7.42. The molecule has 2 N–H and O–H groups in total. The average molecular weight is 312 g/mol. The zero-order valence-corrected chi connectivity index (χ0v) is 13.5. The van der Waals surface area contributed by atoms with Crippen LogP contribution in [0, 0.1) is 5.92 Å². The highest BCUT2D eigenvalue weighted by Gasteiger charge is 2.27. The van der Waals surface area contributed by atoms with Crippen LogP contribution >= 0.6 is 0 Å².